The molecule has 0 unspecified atom stereocenters. The second-order valence-corrected chi connectivity index (χ2v) is 8.51. The number of benzene rings is 2. The lowest BCUT2D eigenvalue weighted by Crippen LogP contribution is -2.01. The van der Waals surface area contributed by atoms with Gasteiger partial charge in [0.05, 0.1) is 24.6 Å². The summed E-state index contributed by atoms with van der Waals surface area (Å²) in [5.74, 6) is 0.516. The summed E-state index contributed by atoms with van der Waals surface area (Å²) in [6.45, 7) is 6.81. The molecule has 2 rings (SSSR count). The van der Waals surface area contributed by atoms with Crippen LogP contribution in [0.1, 0.15) is 76.7 Å². The maximum absolute atomic E-state index is 10.9. The fourth-order valence-corrected chi connectivity index (χ4v) is 3.54. The van der Waals surface area contributed by atoms with Gasteiger partial charge in [0.2, 0.25) is 0 Å². The summed E-state index contributed by atoms with van der Waals surface area (Å²) >= 11 is 0. The summed E-state index contributed by atoms with van der Waals surface area (Å²) in [6.07, 6.45) is 13.9. The number of unbranched alkanes of at least 4 members (excludes halogenated alkanes) is 8. The van der Waals surface area contributed by atoms with E-state index in [1.165, 1.54) is 37.3 Å². The molecule has 0 aromatic heterocycles. The molecule has 0 radical (unpaired) electrons. The molecule has 2 aromatic carbocycles. The van der Waals surface area contributed by atoms with Crippen LogP contribution in [0, 0.1) is 0 Å². The van der Waals surface area contributed by atoms with Gasteiger partial charge in [-0.3, -0.25) is 0 Å². The van der Waals surface area contributed by atoms with E-state index in [9.17, 15) is 4.79 Å². The zero-order valence-electron chi connectivity index (χ0n) is 20.7. The van der Waals surface area contributed by atoms with Gasteiger partial charge in [-0.05, 0) is 67.6 Å². The Morgan fingerprint density at radius 1 is 0.765 bits per heavy atom. The summed E-state index contributed by atoms with van der Waals surface area (Å²) < 4.78 is 10.8. The third-order valence-electron chi connectivity index (χ3n) is 5.59. The van der Waals surface area contributed by atoms with Gasteiger partial charge < -0.3 is 9.47 Å². The van der Waals surface area contributed by atoms with Crippen LogP contribution in [0.3, 0.4) is 0 Å². The Labute approximate surface area is 205 Å². The molecule has 0 heterocycles. The highest BCUT2D eigenvalue weighted by atomic mass is 16.5. The average Bonchev–Trinajstić information content (AvgIpc) is 2.87. The van der Waals surface area contributed by atoms with Crippen molar-refractivity contribution in [3.63, 3.8) is 0 Å². The van der Waals surface area contributed by atoms with E-state index >= 15 is 0 Å². The van der Waals surface area contributed by atoms with E-state index in [2.05, 4.69) is 35.9 Å². The molecule has 184 valence electrons. The van der Waals surface area contributed by atoms with Crippen molar-refractivity contribution in [1.29, 1.82) is 0 Å². The van der Waals surface area contributed by atoms with Gasteiger partial charge in [-0.25, -0.2) is 4.79 Å². The highest BCUT2D eigenvalue weighted by molar-refractivity contribution is 5.81. The Hall–Kier alpha value is -2.95. The average molecular weight is 465 g/mol. The number of ether oxygens (including phenoxy) is 2. The van der Waals surface area contributed by atoms with E-state index in [-0.39, 0.29) is 5.97 Å². The lowest BCUT2D eigenvalue weighted by atomic mass is 10.1. The molecule has 0 spiro atoms. The van der Waals surface area contributed by atoms with Crippen molar-refractivity contribution >= 4 is 17.3 Å². The first kappa shape index (κ1) is 27.3. The van der Waals surface area contributed by atoms with Gasteiger partial charge in [0, 0.05) is 6.08 Å². The van der Waals surface area contributed by atoms with Crippen LogP contribution in [0.4, 0.5) is 11.4 Å². The first-order chi connectivity index (χ1) is 16.7. The molecule has 0 saturated carbocycles. The zero-order valence-corrected chi connectivity index (χ0v) is 20.7. The van der Waals surface area contributed by atoms with Crippen LogP contribution in [0.15, 0.2) is 71.4 Å². The predicted molar refractivity (Wildman–Crippen MR) is 139 cm³/mol. The van der Waals surface area contributed by atoms with E-state index < -0.39 is 0 Å². The van der Waals surface area contributed by atoms with Crippen LogP contribution >= 0.6 is 0 Å². The van der Waals surface area contributed by atoms with E-state index in [1.54, 1.807) is 0 Å². The molecule has 0 saturated heterocycles. The molecule has 5 nitrogen and oxygen atoms in total. The van der Waals surface area contributed by atoms with Crippen LogP contribution in [-0.2, 0) is 16.0 Å². The van der Waals surface area contributed by atoms with Gasteiger partial charge >= 0.3 is 5.97 Å². The third-order valence-corrected chi connectivity index (χ3v) is 5.59. The fraction of sp³-hybridized carbons (Fsp3) is 0.483. The Morgan fingerprint density at radius 2 is 1.32 bits per heavy atom. The number of azo groups is 1. The molecule has 0 bridgehead atoms. The first-order valence-electron chi connectivity index (χ1n) is 12.7. The van der Waals surface area contributed by atoms with Crippen molar-refractivity contribution in [3.05, 3.63) is 66.7 Å². The van der Waals surface area contributed by atoms with Gasteiger partial charge in [-0.2, -0.15) is 10.2 Å². The molecule has 0 aliphatic heterocycles. The van der Waals surface area contributed by atoms with Crippen LogP contribution < -0.4 is 4.74 Å². The summed E-state index contributed by atoms with van der Waals surface area (Å²) in [4.78, 5) is 10.9. The van der Waals surface area contributed by atoms with Crippen molar-refractivity contribution in [3.8, 4) is 5.75 Å². The molecule has 2 aromatic rings. The number of carbonyl (C=O) groups is 1. The number of esters is 1. The first-order valence-corrected chi connectivity index (χ1v) is 12.7. The van der Waals surface area contributed by atoms with E-state index in [4.69, 9.17) is 9.47 Å². The van der Waals surface area contributed by atoms with Crippen molar-refractivity contribution in [2.75, 3.05) is 13.2 Å². The Balaban J connectivity index is 1.57. The zero-order chi connectivity index (χ0) is 24.3. The highest BCUT2D eigenvalue weighted by Gasteiger charge is 1.99. The molecular formula is C29H40N2O3. The van der Waals surface area contributed by atoms with Crippen molar-refractivity contribution in [2.24, 2.45) is 10.2 Å². The summed E-state index contributed by atoms with van der Waals surface area (Å²) in [6, 6.07) is 16.1. The van der Waals surface area contributed by atoms with Gasteiger partial charge in [0.1, 0.15) is 5.75 Å². The molecule has 0 aliphatic rings. The SMILES string of the molecule is C=CC(=O)OCCCCCCCCOc1ccc(N=Nc2ccc(CCCCCC)cc2)cc1. The van der Waals surface area contributed by atoms with E-state index in [0.717, 1.165) is 62.1 Å². The fourth-order valence-electron chi connectivity index (χ4n) is 3.54. The Morgan fingerprint density at radius 3 is 1.94 bits per heavy atom. The smallest absolute Gasteiger partial charge is 0.330 e. The highest BCUT2D eigenvalue weighted by Crippen LogP contribution is 2.22. The number of nitrogens with zero attached hydrogens (tertiary/aromatic N) is 2. The molecule has 34 heavy (non-hydrogen) atoms. The predicted octanol–water partition coefficient (Wildman–Crippen LogP) is 8.67. The van der Waals surface area contributed by atoms with Gasteiger partial charge in [0.25, 0.3) is 0 Å². The number of hydrogen-bond acceptors (Lipinski definition) is 5. The maximum atomic E-state index is 10.9. The second-order valence-electron chi connectivity index (χ2n) is 8.51. The van der Waals surface area contributed by atoms with Crippen LogP contribution in [0.2, 0.25) is 0 Å². The molecule has 0 fully saturated rings. The monoisotopic (exact) mass is 464 g/mol. The molecule has 0 atom stereocenters. The standard InChI is InChI=1S/C29H40N2O3/c1-3-5-6-11-14-25-15-17-26(18-16-25)30-31-27-19-21-28(22-20-27)33-23-12-9-7-8-10-13-24-34-29(32)4-2/h4,15-22H,2-3,5-14,23-24H2,1H3. The number of hydrogen-bond donors (Lipinski definition) is 0. The van der Waals surface area contributed by atoms with Crippen LogP contribution in [0.25, 0.3) is 0 Å². The second kappa shape index (κ2) is 17.5. The summed E-state index contributed by atoms with van der Waals surface area (Å²) in [5.41, 5.74) is 3.05. The maximum Gasteiger partial charge on any atom is 0.330 e. The molecule has 0 amide bonds. The minimum absolute atomic E-state index is 0.341. The lowest BCUT2D eigenvalue weighted by molar-refractivity contribution is -0.137. The van der Waals surface area contributed by atoms with Gasteiger partial charge in [0.15, 0.2) is 0 Å². The largest absolute Gasteiger partial charge is 0.494 e. The van der Waals surface area contributed by atoms with E-state index in [1.807, 2.05) is 36.4 Å². The normalized spacial score (nSPS) is 11.0. The van der Waals surface area contributed by atoms with Gasteiger partial charge in [-0.1, -0.05) is 70.6 Å². The minimum atomic E-state index is -0.341. The number of rotatable bonds is 18. The quantitative estimate of drug-likeness (QED) is 0.0959. The molecular weight excluding hydrogens is 424 g/mol. The molecule has 5 heteroatoms. The van der Waals surface area contributed by atoms with Crippen molar-refractivity contribution < 1.29 is 14.3 Å². The number of carbonyl (C=O) groups excluding carboxylic acids is 1. The lowest BCUT2D eigenvalue weighted by Gasteiger charge is -2.06. The summed E-state index contributed by atoms with van der Waals surface area (Å²) in [7, 11) is 0. The van der Waals surface area contributed by atoms with Crippen LogP contribution in [-0.4, -0.2) is 19.2 Å². The van der Waals surface area contributed by atoms with Crippen LogP contribution in [0.5, 0.6) is 5.75 Å². The summed E-state index contributed by atoms with van der Waals surface area (Å²) in [5, 5.41) is 8.68. The van der Waals surface area contributed by atoms with Gasteiger partial charge in [-0.15, -0.1) is 0 Å². The molecule has 0 aliphatic carbocycles. The molecule has 0 N–H and O–H groups in total. The number of aryl methyl sites for hydroxylation is 1. The van der Waals surface area contributed by atoms with E-state index in [0.29, 0.717) is 13.2 Å². The topological polar surface area (TPSA) is 60.2 Å². The van der Waals surface area contributed by atoms with Crippen molar-refractivity contribution in [2.45, 2.75) is 77.6 Å². The Bertz CT molecular complexity index is 845. The Kier molecular flexibility index (Phi) is 14.1. The minimum Gasteiger partial charge on any atom is -0.494 e. The van der Waals surface area contributed by atoms with Crippen molar-refractivity contribution in [1.82, 2.24) is 0 Å². The third kappa shape index (κ3) is 12.3.